The minimum Gasteiger partial charge on any atom is -0.366 e. The lowest BCUT2D eigenvalue weighted by molar-refractivity contribution is 0.100. The van der Waals surface area contributed by atoms with E-state index in [1.165, 1.54) is 18.2 Å². The molecular formula is C15H10Cl2N6O2. The third-order valence-corrected chi connectivity index (χ3v) is 3.95. The van der Waals surface area contributed by atoms with Crippen molar-refractivity contribution in [3.8, 4) is 5.82 Å². The third-order valence-electron chi connectivity index (χ3n) is 3.23. The normalized spacial score (nSPS) is 10.5. The van der Waals surface area contributed by atoms with Crippen LogP contribution in [0, 0.1) is 0 Å². The quantitative estimate of drug-likeness (QED) is 0.724. The van der Waals surface area contributed by atoms with Crippen molar-refractivity contribution in [3.05, 3.63) is 64.3 Å². The maximum atomic E-state index is 12.3. The van der Waals surface area contributed by atoms with Gasteiger partial charge in [0.2, 0.25) is 0 Å². The summed E-state index contributed by atoms with van der Waals surface area (Å²) in [6, 6.07) is 5.72. The molecule has 2 heterocycles. The van der Waals surface area contributed by atoms with Gasteiger partial charge in [-0.2, -0.15) is 0 Å². The number of hydrogen-bond acceptors (Lipinski definition) is 5. The molecule has 2 aromatic heterocycles. The molecule has 3 rings (SSSR count). The van der Waals surface area contributed by atoms with Gasteiger partial charge in [-0.15, -0.1) is 10.2 Å². The van der Waals surface area contributed by atoms with Crippen molar-refractivity contribution >= 4 is 40.7 Å². The Kier molecular flexibility index (Phi) is 4.64. The minimum atomic E-state index is -0.754. The highest BCUT2D eigenvalue weighted by atomic mass is 35.5. The van der Waals surface area contributed by atoms with Crippen LogP contribution in [0.2, 0.25) is 10.0 Å². The predicted octanol–water partition coefficient (Wildman–Crippen LogP) is 2.32. The van der Waals surface area contributed by atoms with Crippen LogP contribution in [-0.4, -0.2) is 31.6 Å². The van der Waals surface area contributed by atoms with E-state index in [1.54, 1.807) is 29.4 Å². The largest absolute Gasteiger partial charge is 0.366 e. The van der Waals surface area contributed by atoms with Crippen molar-refractivity contribution in [1.82, 2.24) is 19.7 Å². The van der Waals surface area contributed by atoms with Gasteiger partial charge in [-0.05, 0) is 24.3 Å². The molecule has 3 aromatic rings. The Labute approximate surface area is 151 Å². The number of aromatic nitrogens is 4. The Balaban J connectivity index is 1.85. The summed E-state index contributed by atoms with van der Waals surface area (Å²) in [5.74, 6) is -0.831. The van der Waals surface area contributed by atoms with Gasteiger partial charge in [0.15, 0.2) is 11.5 Å². The third kappa shape index (κ3) is 3.59. The molecule has 8 nitrogen and oxygen atoms in total. The maximum absolute atomic E-state index is 12.3. The summed E-state index contributed by atoms with van der Waals surface area (Å²) in [6.45, 7) is 0. The molecule has 0 aliphatic carbocycles. The monoisotopic (exact) mass is 376 g/mol. The first-order valence-corrected chi connectivity index (χ1v) is 7.63. The topological polar surface area (TPSA) is 116 Å². The lowest BCUT2D eigenvalue weighted by Gasteiger charge is -2.10. The molecule has 0 fully saturated rings. The zero-order valence-corrected chi connectivity index (χ0v) is 14.0. The first-order valence-electron chi connectivity index (χ1n) is 6.88. The predicted molar refractivity (Wildman–Crippen MR) is 92.1 cm³/mol. The van der Waals surface area contributed by atoms with Crippen molar-refractivity contribution < 1.29 is 9.59 Å². The molecule has 0 unspecified atom stereocenters. The minimum absolute atomic E-state index is 0.0331. The Morgan fingerprint density at radius 2 is 1.88 bits per heavy atom. The molecule has 2 amide bonds. The molecular weight excluding hydrogens is 367 g/mol. The number of nitrogens with zero attached hydrogens (tertiary/aromatic N) is 4. The van der Waals surface area contributed by atoms with Gasteiger partial charge in [0.1, 0.15) is 6.33 Å². The first-order chi connectivity index (χ1) is 12.0. The van der Waals surface area contributed by atoms with E-state index in [0.29, 0.717) is 5.82 Å². The van der Waals surface area contributed by atoms with Crippen LogP contribution in [0.25, 0.3) is 5.82 Å². The average molecular weight is 377 g/mol. The molecule has 0 saturated heterocycles. The van der Waals surface area contributed by atoms with E-state index in [4.69, 9.17) is 28.9 Å². The molecule has 0 radical (unpaired) electrons. The van der Waals surface area contributed by atoms with Crippen LogP contribution in [0.1, 0.15) is 20.8 Å². The number of anilines is 1. The van der Waals surface area contributed by atoms with Gasteiger partial charge in [-0.1, -0.05) is 23.2 Å². The fourth-order valence-electron chi connectivity index (χ4n) is 2.02. The molecule has 0 atom stereocenters. The zero-order chi connectivity index (χ0) is 18.0. The summed E-state index contributed by atoms with van der Waals surface area (Å²) in [5.41, 5.74) is 5.50. The van der Waals surface area contributed by atoms with Gasteiger partial charge in [-0.3, -0.25) is 14.2 Å². The van der Waals surface area contributed by atoms with Crippen molar-refractivity contribution in [2.45, 2.75) is 0 Å². The van der Waals surface area contributed by atoms with E-state index < -0.39 is 11.8 Å². The number of carbonyl (C=O) groups is 2. The molecule has 25 heavy (non-hydrogen) atoms. The van der Waals surface area contributed by atoms with Gasteiger partial charge in [0.25, 0.3) is 11.8 Å². The SMILES string of the molecule is NC(=O)c1cc(Cl)c(Cl)cc1NC(=O)c1ccc(-n2ccnc2)nn1. The Bertz CT molecular complexity index is 941. The number of benzene rings is 1. The number of nitrogens with one attached hydrogen (secondary N) is 1. The highest BCUT2D eigenvalue weighted by Gasteiger charge is 2.16. The highest BCUT2D eigenvalue weighted by molar-refractivity contribution is 6.42. The van der Waals surface area contributed by atoms with Crippen LogP contribution in [-0.2, 0) is 0 Å². The summed E-state index contributed by atoms with van der Waals surface area (Å²) in [5, 5.41) is 10.7. The number of nitrogens with two attached hydrogens (primary N) is 1. The molecule has 10 heteroatoms. The summed E-state index contributed by atoms with van der Waals surface area (Å²) in [7, 11) is 0. The second kappa shape index (κ2) is 6.88. The maximum Gasteiger partial charge on any atom is 0.276 e. The zero-order valence-electron chi connectivity index (χ0n) is 12.5. The van der Waals surface area contributed by atoms with Gasteiger partial charge >= 0.3 is 0 Å². The first kappa shape index (κ1) is 16.9. The summed E-state index contributed by atoms with van der Waals surface area (Å²) in [4.78, 5) is 27.7. The molecule has 0 aliphatic heterocycles. The van der Waals surface area contributed by atoms with Crippen LogP contribution in [0.4, 0.5) is 5.69 Å². The number of imidazole rings is 1. The Morgan fingerprint density at radius 3 is 2.48 bits per heavy atom. The molecule has 0 aliphatic rings. The van der Waals surface area contributed by atoms with Crippen LogP contribution in [0.15, 0.2) is 43.0 Å². The van der Waals surface area contributed by atoms with E-state index >= 15 is 0 Å². The van der Waals surface area contributed by atoms with E-state index in [1.807, 2.05) is 0 Å². The second-order valence-corrected chi connectivity index (χ2v) is 5.69. The average Bonchev–Trinajstić information content (AvgIpc) is 3.12. The number of primary amides is 1. The van der Waals surface area contributed by atoms with Crippen LogP contribution in [0.3, 0.4) is 0 Å². The summed E-state index contributed by atoms with van der Waals surface area (Å²) < 4.78 is 1.64. The van der Waals surface area contributed by atoms with Crippen molar-refractivity contribution in [1.29, 1.82) is 0 Å². The van der Waals surface area contributed by atoms with E-state index in [9.17, 15) is 9.59 Å². The molecule has 126 valence electrons. The van der Waals surface area contributed by atoms with Crippen molar-refractivity contribution in [2.24, 2.45) is 5.73 Å². The fraction of sp³-hybridized carbons (Fsp3) is 0. The van der Waals surface area contributed by atoms with Crippen LogP contribution < -0.4 is 11.1 Å². The van der Waals surface area contributed by atoms with E-state index in [-0.39, 0.29) is 27.0 Å². The second-order valence-electron chi connectivity index (χ2n) is 4.88. The summed E-state index contributed by atoms with van der Waals surface area (Å²) in [6.07, 6.45) is 4.84. The molecule has 0 saturated carbocycles. The van der Waals surface area contributed by atoms with Gasteiger partial charge in [0.05, 0.1) is 21.3 Å². The standard InChI is InChI=1S/C15H10Cl2N6O2/c16-9-5-8(14(18)24)12(6-10(9)17)20-15(25)11-1-2-13(22-21-11)23-4-3-19-7-23/h1-7H,(H2,18,24)(H,20,25). The summed E-state index contributed by atoms with van der Waals surface area (Å²) >= 11 is 11.8. The van der Waals surface area contributed by atoms with Gasteiger partial charge in [0, 0.05) is 12.4 Å². The van der Waals surface area contributed by atoms with Crippen molar-refractivity contribution in [3.63, 3.8) is 0 Å². The lowest BCUT2D eigenvalue weighted by Crippen LogP contribution is -2.19. The van der Waals surface area contributed by atoms with E-state index in [2.05, 4.69) is 20.5 Å². The van der Waals surface area contributed by atoms with Crippen molar-refractivity contribution in [2.75, 3.05) is 5.32 Å². The lowest BCUT2D eigenvalue weighted by atomic mass is 10.1. The molecule has 0 bridgehead atoms. The molecule has 1 aromatic carbocycles. The van der Waals surface area contributed by atoms with E-state index in [0.717, 1.165) is 0 Å². The number of amides is 2. The molecule has 0 spiro atoms. The van der Waals surface area contributed by atoms with Crippen LogP contribution >= 0.6 is 23.2 Å². The van der Waals surface area contributed by atoms with Gasteiger partial charge in [-0.25, -0.2) is 4.98 Å². The smallest absolute Gasteiger partial charge is 0.276 e. The number of rotatable bonds is 4. The fourth-order valence-corrected chi connectivity index (χ4v) is 2.35. The number of hydrogen-bond donors (Lipinski definition) is 2. The Hall–Kier alpha value is -2.97. The van der Waals surface area contributed by atoms with Gasteiger partial charge < -0.3 is 11.1 Å². The number of halogens is 2. The van der Waals surface area contributed by atoms with Crippen LogP contribution in [0.5, 0.6) is 0 Å². The Morgan fingerprint density at radius 1 is 1.12 bits per heavy atom. The molecule has 3 N–H and O–H groups in total. The number of carbonyl (C=O) groups excluding carboxylic acids is 2. The highest BCUT2D eigenvalue weighted by Crippen LogP contribution is 2.29.